The Bertz CT molecular complexity index is 702. The minimum Gasteiger partial charge on any atom is -0.505 e. The second kappa shape index (κ2) is 8.70. The molecule has 0 spiro atoms. The summed E-state index contributed by atoms with van der Waals surface area (Å²) in [5.41, 5.74) is 1.70. The molecular weight excluding hydrogens is 417 g/mol. The van der Waals surface area contributed by atoms with Crippen LogP contribution in [-0.2, 0) is 6.54 Å². The topological polar surface area (TPSA) is 50.7 Å². The number of aromatic hydroxyl groups is 1. The third-order valence-corrected chi connectivity index (χ3v) is 4.42. The Morgan fingerprint density at radius 3 is 2.42 bits per heavy atom. The number of anilines is 1. The molecule has 0 aliphatic carbocycles. The van der Waals surface area contributed by atoms with Crippen molar-refractivity contribution in [1.82, 2.24) is 0 Å². The molecule has 24 heavy (non-hydrogen) atoms. The van der Waals surface area contributed by atoms with E-state index in [4.69, 9.17) is 32.7 Å². The van der Waals surface area contributed by atoms with E-state index >= 15 is 0 Å². The van der Waals surface area contributed by atoms with Crippen LogP contribution in [0.5, 0.6) is 17.2 Å². The molecule has 7 heteroatoms. The molecule has 2 rings (SSSR count). The zero-order valence-corrected chi connectivity index (χ0v) is 16.4. The predicted octanol–water partition coefficient (Wildman–Crippen LogP) is 5.87. The maximum Gasteiger partial charge on any atom is 0.175 e. The third-order valence-electron chi connectivity index (χ3n) is 3.25. The first-order chi connectivity index (χ1) is 11.5. The number of rotatable bonds is 7. The van der Waals surface area contributed by atoms with Gasteiger partial charge in [0, 0.05) is 12.2 Å². The van der Waals surface area contributed by atoms with Gasteiger partial charge in [0.2, 0.25) is 0 Å². The van der Waals surface area contributed by atoms with Crippen LogP contribution in [0.1, 0.15) is 18.9 Å². The monoisotopic (exact) mass is 433 g/mol. The minimum absolute atomic E-state index is 0.120. The van der Waals surface area contributed by atoms with Crippen LogP contribution < -0.4 is 14.8 Å². The molecule has 0 saturated heterocycles. The van der Waals surface area contributed by atoms with E-state index in [9.17, 15) is 5.11 Å². The van der Waals surface area contributed by atoms with Gasteiger partial charge in [-0.25, -0.2) is 0 Å². The van der Waals surface area contributed by atoms with Crippen molar-refractivity contribution in [2.24, 2.45) is 0 Å². The summed E-state index contributed by atoms with van der Waals surface area (Å²) in [6.07, 6.45) is 0.918. The summed E-state index contributed by atoms with van der Waals surface area (Å²) in [4.78, 5) is 0. The minimum atomic E-state index is -0.120. The van der Waals surface area contributed by atoms with Crippen LogP contribution in [0, 0.1) is 0 Å². The molecule has 0 aliphatic rings. The molecule has 2 aromatic carbocycles. The van der Waals surface area contributed by atoms with Gasteiger partial charge < -0.3 is 19.9 Å². The summed E-state index contributed by atoms with van der Waals surface area (Å²) in [5.74, 6) is 1.24. The molecule has 0 fully saturated rings. The highest BCUT2D eigenvalue weighted by molar-refractivity contribution is 9.10. The van der Waals surface area contributed by atoms with Crippen LogP contribution in [0.2, 0.25) is 10.0 Å². The number of hydrogen-bond donors (Lipinski definition) is 2. The van der Waals surface area contributed by atoms with Crippen molar-refractivity contribution in [3.8, 4) is 17.2 Å². The van der Waals surface area contributed by atoms with Crippen molar-refractivity contribution in [3.63, 3.8) is 0 Å². The van der Waals surface area contributed by atoms with E-state index in [2.05, 4.69) is 21.2 Å². The largest absolute Gasteiger partial charge is 0.505 e. The van der Waals surface area contributed by atoms with Gasteiger partial charge in [-0.05, 0) is 52.2 Å². The molecule has 130 valence electrons. The van der Waals surface area contributed by atoms with Crippen molar-refractivity contribution in [2.45, 2.75) is 19.9 Å². The number of phenolic OH excluding ortho intramolecular Hbond substituents is 1. The molecule has 0 amide bonds. The smallest absolute Gasteiger partial charge is 0.175 e. The van der Waals surface area contributed by atoms with Crippen molar-refractivity contribution >= 4 is 44.8 Å². The molecule has 4 nitrogen and oxygen atoms in total. The van der Waals surface area contributed by atoms with Crippen LogP contribution in [0.3, 0.4) is 0 Å². The lowest BCUT2D eigenvalue weighted by Gasteiger charge is -2.15. The lowest BCUT2D eigenvalue weighted by molar-refractivity contribution is 0.292. The average molecular weight is 435 g/mol. The molecule has 2 aromatic rings. The van der Waals surface area contributed by atoms with Crippen LogP contribution >= 0.6 is 39.1 Å². The fraction of sp³-hybridized carbons (Fsp3) is 0.294. The Balaban J connectivity index is 2.17. The number of halogens is 3. The Labute approximate surface area is 159 Å². The number of hydrogen-bond acceptors (Lipinski definition) is 4. The maximum atomic E-state index is 9.59. The highest BCUT2D eigenvalue weighted by atomic mass is 79.9. The standard InChI is InChI=1S/C17H18BrCl2NO3/c1-3-4-24-17-12(18)5-10(6-15(17)23-2)9-21-11-7-13(19)16(22)14(20)8-11/h5-8,21-22H,3-4,9H2,1-2H3. The van der Waals surface area contributed by atoms with Gasteiger partial charge in [-0.1, -0.05) is 30.1 Å². The Hall–Kier alpha value is -1.30. The lowest BCUT2D eigenvalue weighted by Crippen LogP contribution is -2.03. The van der Waals surface area contributed by atoms with Gasteiger partial charge in [0.1, 0.15) is 0 Å². The van der Waals surface area contributed by atoms with Crippen LogP contribution in [0.4, 0.5) is 5.69 Å². The van der Waals surface area contributed by atoms with Crippen molar-refractivity contribution in [2.75, 3.05) is 19.0 Å². The molecule has 0 bridgehead atoms. The molecular formula is C17H18BrCl2NO3. The average Bonchev–Trinajstić information content (AvgIpc) is 2.56. The molecule has 0 saturated carbocycles. The first kappa shape index (κ1) is 19.0. The summed E-state index contributed by atoms with van der Waals surface area (Å²) in [6, 6.07) is 7.11. The Morgan fingerprint density at radius 1 is 1.17 bits per heavy atom. The van der Waals surface area contributed by atoms with Gasteiger partial charge in [-0.15, -0.1) is 0 Å². The number of methoxy groups -OCH3 is 1. The van der Waals surface area contributed by atoms with Crippen molar-refractivity contribution < 1.29 is 14.6 Å². The fourth-order valence-corrected chi connectivity index (χ4v) is 3.18. The normalized spacial score (nSPS) is 10.5. The van der Waals surface area contributed by atoms with E-state index in [0.717, 1.165) is 16.5 Å². The van der Waals surface area contributed by atoms with Crippen molar-refractivity contribution in [3.05, 3.63) is 44.3 Å². The number of phenols is 1. The third kappa shape index (κ3) is 4.62. The molecule has 0 atom stereocenters. The van der Waals surface area contributed by atoms with Gasteiger partial charge in [0.15, 0.2) is 17.2 Å². The maximum absolute atomic E-state index is 9.59. The van der Waals surface area contributed by atoms with Gasteiger partial charge in [-0.2, -0.15) is 0 Å². The van der Waals surface area contributed by atoms with E-state index in [1.54, 1.807) is 19.2 Å². The quantitative estimate of drug-likeness (QED) is 0.535. The highest BCUT2D eigenvalue weighted by Gasteiger charge is 2.12. The second-order valence-corrected chi connectivity index (χ2v) is 6.77. The summed E-state index contributed by atoms with van der Waals surface area (Å²) in [6.45, 7) is 3.20. The second-order valence-electron chi connectivity index (χ2n) is 5.10. The number of nitrogens with one attached hydrogen (secondary N) is 1. The van der Waals surface area contributed by atoms with E-state index < -0.39 is 0 Å². The SMILES string of the molecule is CCCOc1c(Br)cc(CNc2cc(Cl)c(O)c(Cl)c2)cc1OC. The molecule has 0 heterocycles. The predicted molar refractivity (Wildman–Crippen MR) is 102 cm³/mol. The molecule has 0 radical (unpaired) electrons. The van der Waals surface area contributed by atoms with Gasteiger partial charge in [0.25, 0.3) is 0 Å². The van der Waals surface area contributed by atoms with Crippen molar-refractivity contribution in [1.29, 1.82) is 0 Å². The fourth-order valence-electron chi connectivity index (χ4n) is 2.09. The summed E-state index contributed by atoms with van der Waals surface area (Å²) in [7, 11) is 1.61. The lowest BCUT2D eigenvalue weighted by atomic mass is 10.2. The summed E-state index contributed by atoms with van der Waals surface area (Å²) >= 11 is 15.4. The van der Waals surface area contributed by atoms with Gasteiger partial charge in [-0.3, -0.25) is 0 Å². The summed E-state index contributed by atoms with van der Waals surface area (Å²) in [5, 5.41) is 13.2. The molecule has 0 unspecified atom stereocenters. The first-order valence-electron chi connectivity index (χ1n) is 7.37. The van der Waals surface area contributed by atoms with E-state index in [1.807, 2.05) is 19.1 Å². The Morgan fingerprint density at radius 2 is 1.83 bits per heavy atom. The van der Waals surface area contributed by atoms with E-state index in [1.165, 1.54) is 0 Å². The zero-order valence-electron chi connectivity index (χ0n) is 13.3. The zero-order chi connectivity index (χ0) is 17.7. The first-order valence-corrected chi connectivity index (χ1v) is 8.92. The molecule has 2 N–H and O–H groups in total. The van der Waals surface area contributed by atoms with E-state index in [-0.39, 0.29) is 15.8 Å². The summed E-state index contributed by atoms with van der Waals surface area (Å²) < 4.78 is 12.0. The van der Waals surface area contributed by atoms with Crippen LogP contribution in [0.15, 0.2) is 28.7 Å². The van der Waals surface area contributed by atoms with Gasteiger partial charge >= 0.3 is 0 Å². The molecule has 0 aromatic heterocycles. The van der Waals surface area contributed by atoms with E-state index in [0.29, 0.717) is 30.3 Å². The van der Waals surface area contributed by atoms with Crippen LogP contribution in [-0.4, -0.2) is 18.8 Å². The molecule has 0 aliphatic heterocycles. The Kier molecular flexibility index (Phi) is 6.90. The van der Waals surface area contributed by atoms with Gasteiger partial charge in [0.05, 0.1) is 28.2 Å². The number of benzene rings is 2. The highest BCUT2D eigenvalue weighted by Crippen LogP contribution is 2.38. The number of ether oxygens (including phenoxy) is 2. The van der Waals surface area contributed by atoms with Crippen LogP contribution in [0.25, 0.3) is 0 Å².